The molecule has 29 heavy (non-hydrogen) atoms. The zero-order valence-corrected chi connectivity index (χ0v) is 17.0. The van der Waals surface area contributed by atoms with Crippen LogP contribution in [0.25, 0.3) is 0 Å². The molecule has 2 amide bonds. The van der Waals surface area contributed by atoms with Crippen LogP contribution in [0.4, 0.5) is 5.69 Å². The molecule has 0 spiro atoms. The van der Waals surface area contributed by atoms with E-state index in [1.165, 1.54) is 19.5 Å². The number of benzene rings is 1. The van der Waals surface area contributed by atoms with Gasteiger partial charge in [0, 0.05) is 50.3 Å². The van der Waals surface area contributed by atoms with Crippen LogP contribution in [-0.2, 0) is 0 Å². The number of carbonyl (C=O) groups is 2. The van der Waals surface area contributed by atoms with E-state index in [0.717, 1.165) is 19.6 Å². The van der Waals surface area contributed by atoms with E-state index in [4.69, 9.17) is 9.47 Å². The summed E-state index contributed by atoms with van der Waals surface area (Å²) in [6.07, 6.45) is 2.95. The highest BCUT2D eigenvalue weighted by molar-refractivity contribution is 6.06. The average molecular weight is 398 g/mol. The van der Waals surface area contributed by atoms with E-state index < -0.39 is 0 Å². The monoisotopic (exact) mass is 398 g/mol. The Hall–Kier alpha value is -3.13. The van der Waals surface area contributed by atoms with Crippen LogP contribution in [0.2, 0.25) is 0 Å². The van der Waals surface area contributed by atoms with Crippen LogP contribution in [0, 0.1) is 0 Å². The highest BCUT2D eigenvalue weighted by atomic mass is 16.5. The zero-order valence-electron chi connectivity index (χ0n) is 17.0. The fourth-order valence-electron chi connectivity index (χ4n) is 3.25. The van der Waals surface area contributed by atoms with Crippen molar-refractivity contribution >= 4 is 17.5 Å². The lowest BCUT2D eigenvalue weighted by Crippen LogP contribution is -2.48. The fourth-order valence-corrected chi connectivity index (χ4v) is 3.25. The Morgan fingerprint density at radius 2 is 1.69 bits per heavy atom. The van der Waals surface area contributed by atoms with Gasteiger partial charge in [-0.2, -0.15) is 0 Å². The first-order valence-corrected chi connectivity index (χ1v) is 9.55. The number of nitrogens with zero attached hydrogens (tertiary/aromatic N) is 3. The molecule has 8 heteroatoms. The summed E-state index contributed by atoms with van der Waals surface area (Å²) in [5.41, 5.74) is 1.29. The van der Waals surface area contributed by atoms with Crippen LogP contribution in [0.15, 0.2) is 36.7 Å². The SMILES string of the molecule is CCN1CCN(C(=O)c2cncc(C(=O)Nc3ccc(OC)c(OC)c3)c2)CC1. The van der Waals surface area contributed by atoms with Gasteiger partial charge in [0.1, 0.15) is 0 Å². The summed E-state index contributed by atoms with van der Waals surface area (Å²) in [5, 5.41) is 2.80. The fraction of sp³-hybridized carbons (Fsp3) is 0.381. The smallest absolute Gasteiger partial charge is 0.257 e. The lowest BCUT2D eigenvalue weighted by atomic mass is 10.1. The van der Waals surface area contributed by atoms with Crippen LogP contribution < -0.4 is 14.8 Å². The number of amides is 2. The molecule has 1 N–H and O–H groups in total. The molecule has 3 rings (SSSR count). The molecular weight excluding hydrogens is 372 g/mol. The Morgan fingerprint density at radius 3 is 2.34 bits per heavy atom. The summed E-state index contributed by atoms with van der Waals surface area (Å²) >= 11 is 0. The first kappa shape index (κ1) is 20.6. The lowest BCUT2D eigenvalue weighted by molar-refractivity contribution is 0.0643. The number of likely N-dealkylation sites (N-methyl/N-ethyl adjacent to an activating group) is 1. The van der Waals surface area contributed by atoms with Gasteiger partial charge in [0.15, 0.2) is 11.5 Å². The van der Waals surface area contributed by atoms with Crippen molar-refractivity contribution in [3.05, 3.63) is 47.8 Å². The first-order valence-electron chi connectivity index (χ1n) is 9.55. The van der Waals surface area contributed by atoms with Crippen LogP contribution in [0.5, 0.6) is 11.5 Å². The molecule has 1 aromatic heterocycles. The van der Waals surface area contributed by atoms with E-state index in [0.29, 0.717) is 41.4 Å². The predicted octanol–water partition coefficient (Wildman–Crippen LogP) is 2.13. The molecule has 0 radical (unpaired) electrons. The van der Waals surface area contributed by atoms with Crippen molar-refractivity contribution in [2.75, 3.05) is 52.3 Å². The van der Waals surface area contributed by atoms with E-state index in [1.54, 1.807) is 36.3 Å². The van der Waals surface area contributed by atoms with E-state index >= 15 is 0 Å². The van der Waals surface area contributed by atoms with Gasteiger partial charge in [-0.25, -0.2) is 0 Å². The van der Waals surface area contributed by atoms with E-state index in [2.05, 4.69) is 22.1 Å². The molecule has 1 aliphatic rings. The van der Waals surface area contributed by atoms with Crippen molar-refractivity contribution in [2.45, 2.75) is 6.92 Å². The third kappa shape index (κ3) is 4.83. The van der Waals surface area contributed by atoms with Crippen LogP contribution in [-0.4, -0.2) is 73.5 Å². The van der Waals surface area contributed by atoms with Crippen molar-refractivity contribution in [1.82, 2.24) is 14.8 Å². The van der Waals surface area contributed by atoms with Gasteiger partial charge < -0.3 is 24.6 Å². The van der Waals surface area contributed by atoms with Crippen molar-refractivity contribution < 1.29 is 19.1 Å². The number of ether oxygens (including phenoxy) is 2. The first-order chi connectivity index (χ1) is 14.0. The molecule has 8 nitrogen and oxygen atoms in total. The van der Waals surface area contributed by atoms with Gasteiger partial charge in [-0.05, 0) is 24.7 Å². The number of aromatic nitrogens is 1. The summed E-state index contributed by atoms with van der Waals surface area (Å²) < 4.78 is 10.5. The highest BCUT2D eigenvalue weighted by Gasteiger charge is 2.22. The Morgan fingerprint density at radius 1 is 1.00 bits per heavy atom. The number of anilines is 1. The number of piperazine rings is 1. The maximum Gasteiger partial charge on any atom is 0.257 e. The summed E-state index contributed by atoms with van der Waals surface area (Å²) in [5.74, 6) is 0.630. The van der Waals surface area contributed by atoms with Gasteiger partial charge >= 0.3 is 0 Å². The molecule has 0 unspecified atom stereocenters. The number of methoxy groups -OCH3 is 2. The molecular formula is C21H26N4O4. The molecule has 2 aromatic rings. The zero-order chi connectivity index (χ0) is 20.8. The quantitative estimate of drug-likeness (QED) is 0.803. The Labute approximate surface area is 170 Å². The molecule has 0 bridgehead atoms. The van der Waals surface area contributed by atoms with Crippen LogP contribution in [0.1, 0.15) is 27.6 Å². The molecule has 1 aromatic carbocycles. The van der Waals surface area contributed by atoms with Crippen molar-refractivity contribution in [3.8, 4) is 11.5 Å². The third-order valence-electron chi connectivity index (χ3n) is 5.00. The summed E-state index contributed by atoms with van der Waals surface area (Å²) in [4.78, 5) is 33.6. The number of nitrogens with one attached hydrogen (secondary N) is 1. The van der Waals surface area contributed by atoms with Gasteiger partial charge in [0.05, 0.1) is 25.3 Å². The molecule has 1 fully saturated rings. The molecule has 1 aliphatic heterocycles. The number of rotatable bonds is 6. The van der Waals surface area contributed by atoms with Crippen molar-refractivity contribution in [1.29, 1.82) is 0 Å². The molecule has 0 saturated carbocycles. The van der Waals surface area contributed by atoms with Crippen molar-refractivity contribution in [2.24, 2.45) is 0 Å². The maximum atomic E-state index is 12.8. The number of hydrogen-bond donors (Lipinski definition) is 1. The predicted molar refractivity (Wildman–Crippen MR) is 110 cm³/mol. The number of pyridine rings is 1. The average Bonchev–Trinajstić information content (AvgIpc) is 2.78. The van der Waals surface area contributed by atoms with Gasteiger partial charge in [0.2, 0.25) is 0 Å². The topological polar surface area (TPSA) is 84.0 Å². The normalized spacial score (nSPS) is 14.4. The minimum Gasteiger partial charge on any atom is -0.493 e. The Balaban J connectivity index is 1.70. The van der Waals surface area contributed by atoms with E-state index in [1.807, 2.05) is 0 Å². The van der Waals surface area contributed by atoms with Gasteiger partial charge in [0.25, 0.3) is 11.8 Å². The highest BCUT2D eigenvalue weighted by Crippen LogP contribution is 2.29. The Kier molecular flexibility index (Phi) is 6.66. The summed E-state index contributed by atoms with van der Waals surface area (Å²) in [6, 6.07) is 6.68. The molecule has 0 atom stereocenters. The van der Waals surface area contributed by atoms with E-state index in [-0.39, 0.29) is 11.8 Å². The molecule has 2 heterocycles. The standard InChI is InChI=1S/C21H26N4O4/c1-4-24-7-9-25(10-8-24)21(27)16-11-15(13-22-14-16)20(26)23-17-5-6-18(28-2)19(12-17)29-3/h5-6,11-14H,4,7-10H2,1-3H3,(H,23,26). The third-order valence-corrected chi connectivity index (χ3v) is 5.00. The molecule has 1 saturated heterocycles. The van der Waals surface area contributed by atoms with E-state index in [9.17, 15) is 9.59 Å². The van der Waals surface area contributed by atoms with Gasteiger partial charge in [-0.3, -0.25) is 14.6 Å². The van der Waals surface area contributed by atoms with Crippen LogP contribution >= 0.6 is 0 Å². The van der Waals surface area contributed by atoms with Gasteiger partial charge in [-0.15, -0.1) is 0 Å². The lowest BCUT2D eigenvalue weighted by Gasteiger charge is -2.34. The minimum atomic E-state index is -0.352. The number of hydrogen-bond acceptors (Lipinski definition) is 6. The van der Waals surface area contributed by atoms with Gasteiger partial charge in [-0.1, -0.05) is 6.92 Å². The second-order valence-corrected chi connectivity index (χ2v) is 6.71. The Bertz CT molecular complexity index is 879. The van der Waals surface area contributed by atoms with Crippen molar-refractivity contribution in [3.63, 3.8) is 0 Å². The molecule has 154 valence electrons. The summed E-state index contributed by atoms with van der Waals surface area (Å²) in [7, 11) is 3.08. The maximum absolute atomic E-state index is 12.8. The second-order valence-electron chi connectivity index (χ2n) is 6.71. The number of carbonyl (C=O) groups excluding carboxylic acids is 2. The summed E-state index contributed by atoms with van der Waals surface area (Å²) in [6.45, 7) is 6.16. The second kappa shape index (κ2) is 9.38. The molecule has 0 aliphatic carbocycles. The minimum absolute atomic E-state index is 0.103. The van der Waals surface area contributed by atoms with Crippen LogP contribution in [0.3, 0.4) is 0 Å². The largest absolute Gasteiger partial charge is 0.493 e.